The van der Waals surface area contributed by atoms with E-state index in [0.717, 1.165) is 6.42 Å². The Balaban J connectivity index is 2.13. The zero-order chi connectivity index (χ0) is 18.7. The van der Waals surface area contributed by atoms with E-state index in [1.54, 1.807) is 0 Å². The van der Waals surface area contributed by atoms with Crippen molar-refractivity contribution >= 4 is 14.2 Å². The number of carbonyl (C=O) groups is 1. The maximum absolute atomic E-state index is 12.0. The molecule has 4 heteroatoms. The van der Waals surface area contributed by atoms with Gasteiger partial charge in [-0.15, -0.1) is 0 Å². The van der Waals surface area contributed by atoms with Crippen LogP contribution in [0.15, 0.2) is 24.3 Å². The molecule has 1 heterocycles. The lowest BCUT2D eigenvalue weighted by molar-refractivity contribution is -0.116. The minimum Gasteiger partial charge on any atom is -0.410 e. The van der Waals surface area contributed by atoms with Crippen molar-refractivity contribution in [2.75, 3.05) is 0 Å². The largest absolute Gasteiger partial charge is 0.410 e. The quantitative estimate of drug-likeness (QED) is 0.585. The second-order valence-electron chi connectivity index (χ2n) is 8.96. The summed E-state index contributed by atoms with van der Waals surface area (Å²) in [4.78, 5) is 12.0. The molecule has 1 N–H and O–H groups in total. The Labute approximate surface area is 154 Å². The van der Waals surface area contributed by atoms with Gasteiger partial charge in [0.05, 0.1) is 6.10 Å². The van der Waals surface area contributed by atoms with Crippen molar-refractivity contribution in [2.24, 2.45) is 11.8 Å². The van der Waals surface area contributed by atoms with Crippen LogP contribution in [-0.4, -0.2) is 26.4 Å². The number of fused-ring (bicyclic) bond motifs is 1. The van der Waals surface area contributed by atoms with Crippen molar-refractivity contribution < 1.29 is 9.22 Å². The molecular formula is C21H33NO2Si. The number of nitrogens with one attached hydrogen (secondary N) is 1. The Morgan fingerprint density at radius 1 is 1.20 bits per heavy atom. The van der Waals surface area contributed by atoms with Crippen LogP contribution in [0, 0.1) is 23.7 Å². The molecule has 25 heavy (non-hydrogen) atoms. The van der Waals surface area contributed by atoms with E-state index in [-0.39, 0.29) is 23.1 Å². The summed E-state index contributed by atoms with van der Waals surface area (Å²) in [5, 5.41) is 3.14. The summed E-state index contributed by atoms with van der Waals surface area (Å²) in [6.45, 7) is 13.3. The smallest absolute Gasteiger partial charge is 0.296 e. The van der Waals surface area contributed by atoms with Gasteiger partial charge >= 0.3 is 0 Å². The molecule has 3 nitrogen and oxygen atoms in total. The van der Waals surface area contributed by atoms with Gasteiger partial charge in [0, 0.05) is 12.5 Å². The van der Waals surface area contributed by atoms with Crippen LogP contribution in [0.25, 0.3) is 0 Å². The van der Waals surface area contributed by atoms with Gasteiger partial charge in [0.2, 0.25) is 0 Å². The van der Waals surface area contributed by atoms with E-state index in [0.29, 0.717) is 18.3 Å². The number of rotatable bonds is 2. The molecular weight excluding hydrogens is 326 g/mol. The van der Waals surface area contributed by atoms with Gasteiger partial charge in [-0.3, -0.25) is 4.79 Å². The van der Waals surface area contributed by atoms with Gasteiger partial charge in [-0.2, -0.15) is 0 Å². The lowest BCUT2D eigenvalue weighted by atomic mass is 10.1. The highest BCUT2D eigenvalue weighted by Gasteiger charge is 2.38. The highest BCUT2D eigenvalue weighted by atomic mass is 28.4. The molecule has 4 atom stereocenters. The molecule has 0 bridgehead atoms. The van der Waals surface area contributed by atoms with Crippen LogP contribution in [-0.2, 0) is 9.22 Å². The lowest BCUT2D eigenvalue weighted by Gasteiger charge is -2.38. The lowest BCUT2D eigenvalue weighted by Crippen LogP contribution is -2.43. The van der Waals surface area contributed by atoms with Crippen LogP contribution in [0.5, 0.6) is 0 Å². The minimum absolute atomic E-state index is 0.0683. The summed E-state index contributed by atoms with van der Waals surface area (Å²) in [7, 11) is -1.88. The maximum atomic E-state index is 12.0. The van der Waals surface area contributed by atoms with E-state index in [9.17, 15) is 4.79 Å². The summed E-state index contributed by atoms with van der Waals surface area (Å²) in [5.41, 5.74) is 0. The Morgan fingerprint density at radius 2 is 1.88 bits per heavy atom. The van der Waals surface area contributed by atoms with Gasteiger partial charge in [0.25, 0.3) is 5.91 Å². The summed E-state index contributed by atoms with van der Waals surface area (Å²) in [6.07, 6.45) is 11.3. The zero-order valence-corrected chi connectivity index (χ0v) is 17.6. The second kappa shape index (κ2) is 7.93. The molecule has 0 aromatic rings. The highest BCUT2D eigenvalue weighted by Crippen LogP contribution is 2.43. The molecule has 1 fully saturated rings. The zero-order valence-electron chi connectivity index (χ0n) is 16.6. The van der Waals surface area contributed by atoms with Crippen LogP contribution in [0.2, 0.25) is 18.1 Å². The van der Waals surface area contributed by atoms with Crippen LogP contribution in [0.3, 0.4) is 0 Å². The maximum Gasteiger partial charge on any atom is 0.296 e. The molecule has 2 rings (SSSR count). The molecule has 0 radical (unpaired) electrons. The van der Waals surface area contributed by atoms with Crippen molar-refractivity contribution in [1.29, 1.82) is 0 Å². The fourth-order valence-corrected chi connectivity index (χ4v) is 4.15. The second-order valence-corrected chi connectivity index (χ2v) is 13.7. The van der Waals surface area contributed by atoms with Gasteiger partial charge < -0.3 is 9.74 Å². The molecule has 1 aliphatic carbocycles. The van der Waals surface area contributed by atoms with E-state index in [1.165, 1.54) is 6.42 Å². The van der Waals surface area contributed by atoms with Crippen molar-refractivity contribution in [3.8, 4) is 11.8 Å². The van der Waals surface area contributed by atoms with Crippen molar-refractivity contribution in [1.82, 2.24) is 5.32 Å². The van der Waals surface area contributed by atoms with Gasteiger partial charge in [-0.05, 0) is 55.7 Å². The Bertz CT molecular complexity index is 604. The van der Waals surface area contributed by atoms with E-state index in [1.807, 2.05) is 0 Å². The van der Waals surface area contributed by atoms with Crippen LogP contribution in [0.1, 0.15) is 47.0 Å². The highest BCUT2D eigenvalue weighted by molar-refractivity contribution is 6.74. The fourth-order valence-electron chi connectivity index (χ4n) is 2.88. The summed E-state index contributed by atoms with van der Waals surface area (Å²) < 4.78 is 6.48. The van der Waals surface area contributed by atoms with E-state index in [2.05, 4.69) is 82.3 Å². The van der Waals surface area contributed by atoms with Crippen LogP contribution >= 0.6 is 0 Å². The fraction of sp³-hybridized carbons (Fsp3) is 0.667. The molecule has 0 spiro atoms. The number of hydrogen-bond acceptors (Lipinski definition) is 2. The number of amides is 1. The van der Waals surface area contributed by atoms with Crippen molar-refractivity contribution in [3.63, 3.8) is 0 Å². The van der Waals surface area contributed by atoms with Gasteiger partial charge in [-0.1, -0.05) is 51.0 Å². The minimum atomic E-state index is -1.88. The van der Waals surface area contributed by atoms with Gasteiger partial charge in [0.15, 0.2) is 8.32 Å². The molecule has 0 aromatic carbocycles. The molecule has 0 saturated heterocycles. The van der Waals surface area contributed by atoms with Gasteiger partial charge in [-0.25, -0.2) is 0 Å². The SMILES string of the molecule is C[C@@H]1C[C@H]2C[C@@H]2/C=C\C=C\C(O[Si](C)(C)C(C)(C)C)CC#CC(=O)N1. The van der Waals surface area contributed by atoms with Gasteiger partial charge in [0.1, 0.15) is 0 Å². The molecule has 2 aliphatic rings. The van der Waals surface area contributed by atoms with E-state index in [4.69, 9.17) is 4.43 Å². The molecule has 1 aliphatic heterocycles. The molecule has 0 aromatic heterocycles. The van der Waals surface area contributed by atoms with Crippen LogP contribution < -0.4 is 5.32 Å². The summed E-state index contributed by atoms with van der Waals surface area (Å²) in [5.74, 6) is 6.92. The molecule has 138 valence electrons. The Morgan fingerprint density at radius 3 is 2.56 bits per heavy atom. The van der Waals surface area contributed by atoms with Crippen molar-refractivity contribution in [3.05, 3.63) is 24.3 Å². The predicted molar refractivity (Wildman–Crippen MR) is 107 cm³/mol. The number of hydrogen-bond donors (Lipinski definition) is 1. The molecule has 1 unspecified atom stereocenters. The Kier molecular flexibility index (Phi) is 6.34. The normalized spacial score (nSPS) is 33.1. The first-order valence-electron chi connectivity index (χ1n) is 9.40. The standard InChI is InChI=1S/C21H33NO2Si/c1-16-14-18-15-17(18)10-7-8-11-19(12-9-13-20(23)22-16)24-25(5,6)21(2,3)4/h7-8,10-11,16-19H,12,14-15H2,1-6H3,(H,22,23)/b10-7-,11-8+/t16-,17+,18+,19?/m1/s1. The predicted octanol–water partition coefficient (Wildman–Crippen LogP) is 4.43. The average molecular weight is 360 g/mol. The van der Waals surface area contributed by atoms with E-state index < -0.39 is 8.32 Å². The third-order valence-electron chi connectivity index (χ3n) is 5.56. The van der Waals surface area contributed by atoms with E-state index >= 15 is 0 Å². The monoisotopic (exact) mass is 359 g/mol. The number of allylic oxidation sites excluding steroid dienone is 3. The third kappa shape index (κ3) is 6.16. The molecule has 1 saturated carbocycles. The van der Waals surface area contributed by atoms with Crippen LogP contribution in [0.4, 0.5) is 0 Å². The first-order valence-corrected chi connectivity index (χ1v) is 12.3. The summed E-state index contributed by atoms with van der Waals surface area (Å²) >= 11 is 0. The van der Waals surface area contributed by atoms with Crippen molar-refractivity contribution in [2.45, 2.75) is 77.2 Å². The first-order chi connectivity index (χ1) is 11.6. The Hall–Kier alpha value is -1.31. The first kappa shape index (κ1) is 20.0. The summed E-state index contributed by atoms with van der Waals surface area (Å²) in [6, 6.07) is 0.183. The third-order valence-corrected chi connectivity index (χ3v) is 10.1. The topological polar surface area (TPSA) is 38.3 Å². The average Bonchev–Trinajstić information content (AvgIpc) is 3.18. The molecule has 1 amide bonds. The number of carbonyl (C=O) groups excluding carboxylic acids is 1.